The Bertz CT molecular complexity index is 1030. The highest BCUT2D eigenvalue weighted by Gasteiger charge is 2.26. The van der Waals surface area contributed by atoms with Crippen LogP contribution in [0, 0.1) is 12.8 Å². The predicted octanol–water partition coefficient (Wildman–Crippen LogP) is 4.44. The molecule has 1 fully saturated rings. The Labute approximate surface area is 177 Å². The highest BCUT2D eigenvalue weighted by atomic mass is 16.2. The largest absolute Gasteiger partial charge is 0.326 e. The van der Waals surface area contributed by atoms with Crippen LogP contribution >= 0.6 is 0 Å². The van der Waals surface area contributed by atoms with Crippen LogP contribution in [0.15, 0.2) is 66.7 Å². The summed E-state index contributed by atoms with van der Waals surface area (Å²) in [6.07, 6.45) is 1.53. The minimum absolute atomic E-state index is 0.0105. The molecule has 0 saturated carbocycles. The van der Waals surface area contributed by atoms with Crippen LogP contribution in [0.3, 0.4) is 0 Å². The van der Waals surface area contributed by atoms with Crippen LogP contribution in [0.4, 0.5) is 11.4 Å². The van der Waals surface area contributed by atoms with Gasteiger partial charge in [0.05, 0.1) is 6.54 Å². The Morgan fingerprint density at radius 2 is 1.60 bits per heavy atom. The number of hydrogen-bond donors (Lipinski definition) is 2. The SMILES string of the molecule is Cc1ccc(NC(=O)C2CCN(CC(=O)Nc3cccc4ccccc34)CC2)cc1. The van der Waals surface area contributed by atoms with E-state index >= 15 is 0 Å². The smallest absolute Gasteiger partial charge is 0.238 e. The summed E-state index contributed by atoms with van der Waals surface area (Å²) in [5.41, 5.74) is 2.84. The fourth-order valence-electron chi connectivity index (χ4n) is 3.96. The summed E-state index contributed by atoms with van der Waals surface area (Å²) in [4.78, 5) is 27.2. The minimum atomic E-state index is -0.0195. The van der Waals surface area contributed by atoms with Crippen LogP contribution in [-0.4, -0.2) is 36.3 Å². The van der Waals surface area contributed by atoms with Crippen LogP contribution in [-0.2, 0) is 9.59 Å². The molecule has 2 N–H and O–H groups in total. The molecule has 3 aromatic carbocycles. The van der Waals surface area contributed by atoms with Gasteiger partial charge in [-0.05, 0) is 56.4 Å². The average molecular weight is 402 g/mol. The number of aryl methyl sites for hydroxylation is 1. The fraction of sp³-hybridized carbons (Fsp3) is 0.280. The third-order valence-corrected chi connectivity index (χ3v) is 5.71. The summed E-state index contributed by atoms with van der Waals surface area (Å²) in [5.74, 6) is 0.0382. The average Bonchev–Trinajstić information content (AvgIpc) is 2.76. The third kappa shape index (κ3) is 4.86. The summed E-state index contributed by atoms with van der Waals surface area (Å²) in [5, 5.41) is 8.20. The first-order chi connectivity index (χ1) is 14.6. The maximum atomic E-state index is 12.6. The quantitative estimate of drug-likeness (QED) is 0.665. The number of likely N-dealkylation sites (tertiary alicyclic amines) is 1. The highest BCUT2D eigenvalue weighted by molar-refractivity contribution is 6.02. The molecule has 154 valence electrons. The van der Waals surface area contributed by atoms with E-state index in [2.05, 4.69) is 15.5 Å². The highest BCUT2D eigenvalue weighted by Crippen LogP contribution is 2.23. The maximum Gasteiger partial charge on any atom is 0.238 e. The maximum absolute atomic E-state index is 12.6. The molecule has 0 bridgehead atoms. The summed E-state index contributed by atoms with van der Waals surface area (Å²) in [7, 11) is 0. The second kappa shape index (κ2) is 9.09. The lowest BCUT2D eigenvalue weighted by molar-refractivity contribution is -0.121. The second-order valence-corrected chi connectivity index (χ2v) is 7.98. The summed E-state index contributed by atoms with van der Waals surface area (Å²) < 4.78 is 0. The van der Waals surface area contributed by atoms with Crippen LogP contribution in [0.1, 0.15) is 18.4 Å². The molecule has 5 heteroatoms. The molecule has 30 heavy (non-hydrogen) atoms. The van der Waals surface area contributed by atoms with Gasteiger partial charge >= 0.3 is 0 Å². The first kappa shape index (κ1) is 20.1. The predicted molar refractivity (Wildman–Crippen MR) is 122 cm³/mol. The molecule has 1 aliphatic heterocycles. The minimum Gasteiger partial charge on any atom is -0.326 e. The molecule has 4 rings (SSSR count). The van der Waals surface area contributed by atoms with Gasteiger partial charge in [0.1, 0.15) is 0 Å². The van der Waals surface area contributed by atoms with Crippen molar-refractivity contribution in [1.29, 1.82) is 0 Å². The first-order valence-corrected chi connectivity index (χ1v) is 10.5. The molecule has 0 atom stereocenters. The van der Waals surface area contributed by atoms with Gasteiger partial charge in [0.15, 0.2) is 0 Å². The standard InChI is InChI=1S/C25H27N3O2/c1-18-9-11-21(12-10-18)26-25(30)20-13-15-28(16-14-20)17-24(29)27-23-8-4-6-19-5-2-3-7-22(19)23/h2-12,20H,13-17H2,1H3,(H,26,30)(H,27,29). The summed E-state index contributed by atoms with van der Waals surface area (Å²) in [6.45, 7) is 3.86. The zero-order chi connectivity index (χ0) is 20.9. The Morgan fingerprint density at radius 3 is 2.37 bits per heavy atom. The van der Waals surface area contributed by atoms with Crippen LogP contribution in [0.2, 0.25) is 0 Å². The number of hydrogen-bond acceptors (Lipinski definition) is 3. The van der Waals surface area contributed by atoms with Crippen LogP contribution in [0.25, 0.3) is 10.8 Å². The normalized spacial score (nSPS) is 15.1. The van der Waals surface area contributed by atoms with Crippen molar-refractivity contribution in [3.8, 4) is 0 Å². The number of fused-ring (bicyclic) bond motifs is 1. The number of nitrogens with one attached hydrogen (secondary N) is 2. The van der Waals surface area contributed by atoms with E-state index in [4.69, 9.17) is 0 Å². The van der Waals surface area contributed by atoms with Crippen LogP contribution < -0.4 is 10.6 Å². The topological polar surface area (TPSA) is 61.4 Å². The molecule has 0 radical (unpaired) electrons. The van der Waals surface area contributed by atoms with E-state index in [0.717, 1.165) is 48.1 Å². The van der Waals surface area contributed by atoms with Crippen molar-refractivity contribution in [3.05, 3.63) is 72.3 Å². The third-order valence-electron chi connectivity index (χ3n) is 5.71. The molecule has 3 aromatic rings. The molecule has 1 heterocycles. The second-order valence-electron chi connectivity index (χ2n) is 7.98. The number of carbonyl (C=O) groups is 2. The van der Waals surface area contributed by atoms with E-state index < -0.39 is 0 Å². The number of benzene rings is 3. The van der Waals surface area contributed by atoms with Crippen molar-refractivity contribution in [2.75, 3.05) is 30.3 Å². The van der Waals surface area contributed by atoms with Crippen molar-refractivity contribution in [3.63, 3.8) is 0 Å². The number of piperidine rings is 1. The Kier molecular flexibility index (Phi) is 6.10. The summed E-state index contributed by atoms with van der Waals surface area (Å²) >= 11 is 0. The number of anilines is 2. The van der Waals surface area contributed by atoms with Gasteiger partial charge in [-0.3, -0.25) is 14.5 Å². The molecular formula is C25H27N3O2. The Morgan fingerprint density at radius 1 is 0.900 bits per heavy atom. The van der Waals surface area contributed by atoms with Gasteiger partial charge in [0.2, 0.25) is 11.8 Å². The van der Waals surface area contributed by atoms with Gasteiger partial charge in [-0.25, -0.2) is 0 Å². The van der Waals surface area contributed by atoms with Crippen molar-refractivity contribution < 1.29 is 9.59 Å². The van der Waals surface area contributed by atoms with Crippen molar-refractivity contribution in [2.45, 2.75) is 19.8 Å². The zero-order valence-corrected chi connectivity index (χ0v) is 17.2. The van der Waals surface area contributed by atoms with E-state index in [9.17, 15) is 9.59 Å². The fourth-order valence-corrected chi connectivity index (χ4v) is 3.96. The number of rotatable bonds is 5. The number of carbonyl (C=O) groups excluding carboxylic acids is 2. The lowest BCUT2D eigenvalue weighted by Gasteiger charge is -2.30. The molecule has 0 aliphatic carbocycles. The molecule has 1 saturated heterocycles. The molecule has 0 aromatic heterocycles. The number of amides is 2. The monoisotopic (exact) mass is 401 g/mol. The van der Waals surface area contributed by atoms with Gasteiger partial charge in [-0.2, -0.15) is 0 Å². The Hall–Kier alpha value is -3.18. The van der Waals surface area contributed by atoms with E-state index in [1.807, 2.05) is 73.7 Å². The van der Waals surface area contributed by atoms with E-state index in [-0.39, 0.29) is 17.7 Å². The van der Waals surface area contributed by atoms with Gasteiger partial charge < -0.3 is 10.6 Å². The lowest BCUT2D eigenvalue weighted by Crippen LogP contribution is -2.41. The van der Waals surface area contributed by atoms with Crippen molar-refractivity contribution >= 4 is 34.0 Å². The molecule has 1 aliphatic rings. The molecule has 2 amide bonds. The van der Waals surface area contributed by atoms with Gasteiger partial charge in [-0.15, -0.1) is 0 Å². The summed E-state index contributed by atoms with van der Waals surface area (Å²) in [6, 6.07) is 21.8. The van der Waals surface area contributed by atoms with E-state index in [1.54, 1.807) is 0 Å². The molecule has 5 nitrogen and oxygen atoms in total. The molecule has 0 unspecified atom stereocenters. The lowest BCUT2D eigenvalue weighted by atomic mass is 9.95. The number of nitrogens with zero attached hydrogens (tertiary/aromatic N) is 1. The van der Waals surface area contributed by atoms with Crippen LogP contribution in [0.5, 0.6) is 0 Å². The van der Waals surface area contributed by atoms with E-state index in [0.29, 0.717) is 6.54 Å². The van der Waals surface area contributed by atoms with Gasteiger partial charge in [-0.1, -0.05) is 54.1 Å². The first-order valence-electron chi connectivity index (χ1n) is 10.5. The molecule has 0 spiro atoms. The zero-order valence-electron chi connectivity index (χ0n) is 17.2. The Balaban J connectivity index is 1.27. The van der Waals surface area contributed by atoms with Gasteiger partial charge in [0.25, 0.3) is 0 Å². The van der Waals surface area contributed by atoms with Crippen molar-refractivity contribution in [1.82, 2.24) is 4.90 Å². The van der Waals surface area contributed by atoms with Gasteiger partial charge in [0, 0.05) is 22.7 Å². The molecular weight excluding hydrogens is 374 g/mol. The van der Waals surface area contributed by atoms with E-state index in [1.165, 1.54) is 5.56 Å². The van der Waals surface area contributed by atoms with Crippen molar-refractivity contribution in [2.24, 2.45) is 5.92 Å².